The molecule has 0 fully saturated rings. The minimum Gasteiger partial charge on any atom is -0.310 e. The second kappa shape index (κ2) is 7.86. The largest absolute Gasteiger partial charge is 0.310 e. The van der Waals surface area contributed by atoms with Crippen molar-refractivity contribution in [3.05, 3.63) is 66.8 Å². The standard InChI is InChI=1S/C16H15Br3FN/c1-2-21-16(13-9-12(18)3-5-14(13)19)8-10-7-11(17)4-6-15(10)20/h3-7,9,16,21H,2,8H2,1H3. The van der Waals surface area contributed by atoms with Crippen molar-refractivity contribution in [2.45, 2.75) is 19.4 Å². The first-order chi connectivity index (χ1) is 10.0. The second-order valence-electron chi connectivity index (χ2n) is 4.72. The molecule has 5 heteroatoms. The summed E-state index contributed by atoms with van der Waals surface area (Å²) in [5, 5.41) is 3.43. The topological polar surface area (TPSA) is 12.0 Å². The molecule has 2 aromatic rings. The molecule has 2 rings (SSSR count). The SMILES string of the molecule is CCNC(Cc1cc(Br)ccc1F)c1cc(Br)ccc1Br. The van der Waals surface area contributed by atoms with E-state index in [-0.39, 0.29) is 11.9 Å². The Balaban J connectivity index is 2.35. The third-order valence-corrected chi connectivity index (χ3v) is 4.92. The second-order valence-corrected chi connectivity index (χ2v) is 7.40. The summed E-state index contributed by atoms with van der Waals surface area (Å²) in [6.07, 6.45) is 0.591. The first-order valence-electron chi connectivity index (χ1n) is 6.63. The van der Waals surface area contributed by atoms with Crippen LogP contribution in [0.2, 0.25) is 0 Å². The van der Waals surface area contributed by atoms with Gasteiger partial charge >= 0.3 is 0 Å². The molecule has 0 aliphatic heterocycles. The number of hydrogen-bond donors (Lipinski definition) is 1. The maximum absolute atomic E-state index is 14.0. The highest BCUT2D eigenvalue weighted by Gasteiger charge is 2.17. The Morgan fingerprint density at radius 2 is 1.71 bits per heavy atom. The van der Waals surface area contributed by atoms with Gasteiger partial charge in [-0.3, -0.25) is 0 Å². The molecular weight excluding hydrogens is 465 g/mol. The van der Waals surface area contributed by atoms with Gasteiger partial charge < -0.3 is 5.32 Å². The van der Waals surface area contributed by atoms with Crippen molar-refractivity contribution in [2.75, 3.05) is 6.54 Å². The number of halogens is 4. The molecule has 0 aromatic heterocycles. The lowest BCUT2D eigenvalue weighted by atomic mass is 9.98. The summed E-state index contributed by atoms with van der Waals surface area (Å²) in [5.41, 5.74) is 1.81. The molecule has 0 spiro atoms. The monoisotopic (exact) mass is 477 g/mol. The van der Waals surface area contributed by atoms with Crippen molar-refractivity contribution in [3.63, 3.8) is 0 Å². The molecule has 0 radical (unpaired) electrons. The lowest BCUT2D eigenvalue weighted by Crippen LogP contribution is -2.23. The molecule has 0 aliphatic carbocycles. The number of nitrogens with one attached hydrogen (secondary N) is 1. The van der Waals surface area contributed by atoms with Crippen LogP contribution in [0, 0.1) is 5.82 Å². The van der Waals surface area contributed by atoms with E-state index in [1.807, 2.05) is 18.2 Å². The molecule has 21 heavy (non-hydrogen) atoms. The predicted octanol–water partition coefficient (Wildman–Crippen LogP) is 6.01. The zero-order valence-corrected chi connectivity index (χ0v) is 16.2. The average molecular weight is 480 g/mol. The summed E-state index contributed by atoms with van der Waals surface area (Å²) in [6, 6.07) is 11.1. The van der Waals surface area contributed by atoms with Crippen LogP contribution in [0.1, 0.15) is 24.1 Å². The number of rotatable bonds is 5. The summed E-state index contributed by atoms with van der Waals surface area (Å²) in [6.45, 7) is 2.87. The third-order valence-electron chi connectivity index (χ3n) is 3.22. The van der Waals surface area contributed by atoms with E-state index in [1.165, 1.54) is 6.07 Å². The fraction of sp³-hybridized carbons (Fsp3) is 0.250. The molecule has 0 saturated heterocycles. The van der Waals surface area contributed by atoms with Crippen LogP contribution in [-0.2, 0) is 6.42 Å². The Labute approximate surface area is 149 Å². The zero-order chi connectivity index (χ0) is 15.4. The summed E-state index contributed by atoms with van der Waals surface area (Å²) < 4.78 is 16.9. The number of benzene rings is 2. The van der Waals surface area contributed by atoms with E-state index in [0.29, 0.717) is 12.0 Å². The minimum absolute atomic E-state index is 0.0469. The van der Waals surface area contributed by atoms with Crippen molar-refractivity contribution < 1.29 is 4.39 Å². The number of likely N-dealkylation sites (N-methyl/N-ethyl adjacent to an activating group) is 1. The van der Waals surface area contributed by atoms with Gasteiger partial charge in [0.1, 0.15) is 5.82 Å². The summed E-state index contributed by atoms with van der Waals surface area (Å²) in [4.78, 5) is 0. The van der Waals surface area contributed by atoms with E-state index in [1.54, 1.807) is 6.07 Å². The minimum atomic E-state index is -0.174. The molecule has 0 aliphatic rings. The van der Waals surface area contributed by atoms with Gasteiger partial charge in [-0.05, 0) is 60.5 Å². The smallest absolute Gasteiger partial charge is 0.126 e. The van der Waals surface area contributed by atoms with Gasteiger partial charge in [-0.1, -0.05) is 54.7 Å². The van der Waals surface area contributed by atoms with Gasteiger partial charge in [0, 0.05) is 19.5 Å². The van der Waals surface area contributed by atoms with Gasteiger partial charge in [-0.2, -0.15) is 0 Å². The predicted molar refractivity (Wildman–Crippen MR) is 96.1 cm³/mol. The van der Waals surface area contributed by atoms with E-state index >= 15 is 0 Å². The third kappa shape index (κ3) is 4.62. The molecule has 1 nitrogen and oxygen atoms in total. The lowest BCUT2D eigenvalue weighted by Gasteiger charge is -2.20. The molecule has 1 unspecified atom stereocenters. The highest BCUT2D eigenvalue weighted by Crippen LogP contribution is 2.30. The van der Waals surface area contributed by atoms with Crippen LogP contribution in [0.4, 0.5) is 4.39 Å². The molecular formula is C16H15Br3FN. The average Bonchev–Trinajstić information content (AvgIpc) is 2.45. The van der Waals surface area contributed by atoms with E-state index in [0.717, 1.165) is 25.5 Å². The van der Waals surface area contributed by atoms with Crippen LogP contribution in [0.5, 0.6) is 0 Å². The van der Waals surface area contributed by atoms with Crippen LogP contribution in [0.15, 0.2) is 49.8 Å². The number of hydrogen-bond acceptors (Lipinski definition) is 1. The summed E-state index contributed by atoms with van der Waals surface area (Å²) >= 11 is 10.5. The molecule has 0 bridgehead atoms. The first kappa shape index (κ1) is 17.1. The zero-order valence-electron chi connectivity index (χ0n) is 11.5. The van der Waals surface area contributed by atoms with Crippen molar-refractivity contribution in [1.82, 2.24) is 5.32 Å². The Morgan fingerprint density at radius 1 is 1.05 bits per heavy atom. The van der Waals surface area contributed by atoms with Crippen LogP contribution in [-0.4, -0.2) is 6.54 Å². The van der Waals surface area contributed by atoms with E-state index in [4.69, 9.17) is 0 Å². The Kier molecular flexibility index (Phi) is 6.41. The van der Waals surface area contributed by atoms with Crippen LogP contribution < -0.4 is 5.32 Å². The van der Waals surface area contributed by atoms with Gasteiger partial charge in [0.2, 0.25) is 0 Å². The molecule has 0 saturated carbocycles. The quantitative estimate of drug-likeness (QED) is 0.554. The van der Waals surface area contributed by atoms with Crippen molar-refractivity contribution in [3.8, 4) is 0 Å². The van der Waals surface area contributed by atoms with Gasteiger partial charge in [0.05, 0.1) is 0 Å². The van der Waals surface area contributed by atoms with Crippen molar-refractivity contribution >= 4 is 47.8 Å². The first-order valence-corrected chi connectivity index (χ1v) is 9.01. The molecule has 1 N–H and O–H groups in total. The maximum atomic E-state index is 14.0. The molecule has 0 heterocycles. The maximum Gasteiger partial charge on any atom is 0.126 e. The highest BCUT2D eigenvalue weighted by molar-refractivity contribution is 9.11. The molecule has 1 atom stereocenters. The van der Waals surface area contributed by atoms with E-state index in [2.05, 4.69) is 66.1 Å². The van der Waals surface area contributed by atoms with Crippen LogP contribution in [0.25, 0.3) is 0 Å². The van der Waals surface area contributed by atoms with Crippen molar-refractivity contribution in [2.24, 2.45) is 0 Å². The fourth-order valence-corrected chi connectivity index (χ4v) is 3.55. The molecule has 2 aromatic carbocycles. The molecule has 112 valence electrons. The normalized spacial score (nSPS) is 12.4. The van der Waals surface area contributed by atoms with Crippen LogP contribution >= 0.6 is 47.8 Å². The Hall–Kier alpha value is -0.230. The Bertz CT molecular complexity index is 631. The van der Waals surface area contributed by atoms with Gasteiger partial charge in [0.25, 0.3) is 0 Å². The van der Waals surface area contributed by atoms with Gasteiger partial charge in [-0.25, -0.2) is 4.39 Å². The van der Waals surface area contributed by atoms with Crippen molar-refractivity contribution in [1.29, 1.82) is 0 Å². The van der Waals surface area contributed by atoms with E-state index in [9.17, 15) is 4.39 Å². The summed E-state index contributed by atoms with van der Waals surface area (Å²) in [5.74, 6) is -0.174. The summed E-state index contributed by atoms with van der Waals surface area (Å²) in [7, 11) is 0. The lowest BCUT2D eigenvalue weighted by molar-refractivity contribution is 0.526. The van der Waals surface area contributed by atoms with Gasteiger partial charge in [0.15, 0.2) is 0 Å². The Morgan fingerprint density at radius 3 is 2.43 bits per heavy atom. The van der Waals surface area contributed by atoms with Gasteiger partial charge in [-0.15, -0.1) is 0 Å². The fourth-order valence-electron chi connectivity index (χ4n) is 2.24. The van der Waals surface area contributed by atoms with E-state index < -0.39 is 0 Å². The van der Waals surface area contributed by atoms with Crippen LogP contribution in [0.3, 0.4) is 0 Å². The highest BCUT2D eigenvalue weighted by atomic mass is 79.9. The molecule has 0 amide bonds.